The van der Waals surface area contributed by atoms with E-state index in [2.05, 4.69) is 21.2 Å². The van der Waals surface area contributed by atoms with E-state index in [1.165, 1.54) is 12.1 Å². The van der Waals surface area contributed by atoms with Crippen LogP contribution in [0.1, 0.15) is 16.7 Å². The predicted molar refractivity (Wildman–Crippen MR) is 129 cm³/mol. The van der Waals surface area contributed by atoms with Crippen LogP contribution >= 0.6 is 39.1 Å². The average molecular weight is 530 g/mol. The zero-order valence-corrected chi connectivity index (χ0v) is 19.5. The smallest absolute Gasteiger partial charge is 0.273 e. The number of amides is 4. The van der Waals surface area contributed by atoms with Crippen LogP contribution in [0.4, 0.5) is 10.5 Å². The van der Waals surface area contributed by atoms with Crippen LogP contribution in [0.2, 0.25) is 10.0 Å². The number of para-hydroxylation sites is 1. The fourth-order valence-corrected chi connectivity index (χ4v) is 4.20. The fraction of sp³-hybridized carbons (Fsp3) is 0.0417. The zero-order chi connectivity index (χ0) is 22.8. The first-order valence-electron chi connectivity index (χ1n) is 9.53. The van der Waals surface area contributed by atoms with Gasteiger partial charge in [-0.05, 0) is 59.5 Å². The van der Waals surface area contributed by atoms with Gasteiger partial charge in [-0.3, -0.25) is 14.9 Å². The Morgan fingerprint density at radius 2 is 1.62 bits per heavy atom. The van der Waals surface area contributed by atoms with Crippen molar-refractivity contribution in [2.45, 2.75) is 6.42 Å². The number of imide groups is 2. The molecule has 0 aromatic heterocycles. The minimum Gasteiger partial charge on any atom is -0.273 e. The summed E-state index contributed by atoms with van der Waals surface area (Å²) in [6, 6.07) is 18.6. The van der Waals surface area contributed by atoms with Crippen molar-refractivity contribution in [3.05, 3.63) is 104 Å². The van der Waals surface area contributed by atoms with Crippen LogP contribution in [0.5, 0.6) is 0 Å². The lowest BCUT2D eigenvalue weighted by atomic mass is 9.97. The van der Waals surface area contributed by atoms with Gasteiger partial charge in [-0.1, -0.05) is 75.5 Å². The quantitative estimate of drug-likeness (QED) is 0.332. The summed E-state index contributed by atoms with van der Waals surface area (Å²) in [6.45, 7) is 0. The number of barbiturate groups is 1. The molecule has 1 aliphatic rings. The number of urea groups is 1. The molecule has 1 aliphatic heterocycles. The molecule has 1 heterocycles. The molecule has 0 bridgehead atoms. The molecule has 3 aromatic carbocycles. The maximum absolute atomic E-state index is 13.2. The van der Waals surface area contributed by atoms with E-state index in [9.17, 15) is 14.4 Å². The van der Waals surface area contributed by atoms with E-state index in [0.717, 1.165) is 20.5 Å². The molecule has 1 N–H and O–H groups in total. The minimum atomic E-state index is -0.857. The van der Waals surface area contributed by atoms with Gasteiger partial charge in [0, 0.05) is 9.50 Å². The van der Waals surface area contributed by atoms with Gasteiger partial charge in [-0.15, -0.1) is 0 Å². The molecule has 0 atom stereocenters. The summed E-state index contributed by atoms with van der Waals surface area (Å²) in [4.78, 5) is 39.0. The van der Waals surface area contributed by atoms with Crippen LogP contribution in [0.25, 0.3) is 6.08 Å². The number of hydrogen-bond donors (Lipinski definition) is 1. The number of benzene rings is 3. The van der Waals surface area contributed by atoms with Gasteiger partial charge in [0.05, 0.1) is 10.7 Å². The highest BCUT2D eigenvalue weighted by Gasteiger charge is 2.37. The highest BCUT2D eigenvalue weighted by molar-refractivity contribution is 9.10. The molecule has 1 fully saturated rings. The number of anilines is 1. The molecule has 8 heteroatoms. The van der Waals surface area contributed by atoms with Gasteiger partial charge in [-0.2, -0.15) is 0 Å². The number of nitrogens with one attached hydrogen (secondary N) is 1. The van der Waals surface area contributed by atoms with Crippen LogP contribution in [-0.4, -0.2) is 17.8 Å². The summed E-state index contributed by atoms with van der Waals surface area (Å²) in [5.74, 6) is -1.55. The summed E-state index contributed by atoms with van der Waals surface area (Å²) in [5, 5.41) is 2.87. The SMILES string of the molecule is O=C1NC(=O)N(c2ccccc2Cl)C(=O)/C1=C/c1cc(Cl)ccc1Cc1ccccc1Br. The summed E-state index contributed by atoms with van der Waals surface area (Å²) in [5.41, 5.74) is 2.48. The molecule has 5 nitrogen and oxygen atoms in total. The van der Waals surface area contributed by atoms with Crippen LogP contribution in [0.3, 0.4) is 0 Å². The number of halogens is 3. The topological polar surface area (TPSA) is 66.5 Å². The third kappa shape index (κ3) is 4.48. The largest absolute Gasteiger partial charge is 0.335 e. The standard InChI is InChI=1S/C24H15BrCl2N2O3/c25-19-6-2-1-5-15(19)11-14-9-10-17(26)12-16(14)13-18-22(30)28-24(32)29(23(18)31)21-8-4-3-7-20(21)27/h1-10,12-13H,11H2,(H,28,30,32)/b18-13+. The summed E-state index contributed by atoms with van der Waals surface area (Å²) in [7, 11) is 0. The van der Waals surface area contributed by atoms with Gasteiger partial charge < -0.3 is 0 Å². The molecule has 0 radical (unpaired) electrons. The lowest BCUT2D eigenvalue weighted by molar-refractivity contribution is -0.122. The predicted octanol–water partition coefficient (Wildman–Crippen LogP) is 6.01. The molecule has 160 valence electrons. The lowest BCUT2D eigenvalue weighted by Crippen LogP contribution is -2.54. The van der Waals surface area contributed by atoms with E-state index in [-0.39, 0.29) is 16.3 Å². The Labute approximate surface area is 202 Å². The molecule has 0 unspecified atom stereocenters. The number of carbonyl (C=O) groups excluding carboxylic acids is 3. The number of carbonyl (C=O) groups is 3. The molecule has 4 amide bonds. The van der Waals surface area contributed by atoms with E-state index in [0.29, 0.717) is 17.0 Å². The maximum atomic E-state index is 13.2. The Kier molecular flexibility index (Phi) is 6.46. The van der Waals surface area contributed by atoms with Crippen LogP contribution in [0, 0.1) is 0 Å². The van der Waals surface area contributed by atoms with Crippen molar-refractivity contribution < 1.29 is 14.4 Å². The van der Waals surface area contributed by atoms with E-state index < -0.39 is 17.8 Å². The third-order valence-corrected chi connectivity index (χ3v) is 6.27. The van der Waals surface area contributed by atoms with Gasteiger partial charge in [-0.25, -0.2) is 9.69 Å². The molecule has 0 saturated carbocycles. The van der Waals surface area contributed by atoms with Gasteiger partial charge in [0.15, 0.2) is 0 Å². The normalized spacial score (nSPS) is 15.3. The van der Waals surface area contributed by atoms with Gasteiger partial charge in [0.1, 0.15) is 5.57 Å². The Morgan fingerprint density at radius 1 is 0.906 bits per heavy atom. The molecule has 32 heavy (non-hydrogen) atoms. The highest BCUT2D eigenvalue weighted by Crippen LogP contribution is 2.30. The van der Waals surface area contributed by atoms with Crippen molar-refractivity contribution in [3.8, 4) is 0 Å². The monoisotopic (exact) mass is 528 g/mol. The molecule has 3 aromatic rings. The minimum absolute atomic E-state index is 0.189. The second kappa shape index (κ2) is 9.28. The van der Waals surface area contributed by atoms with Crippen molar-refractivity contribution >= 4 is 68.7 Å². The first kappa shape index (κ1) is 22.3. The van der Waals surface area contributed by atoms with Crippen molar-refractivity contribution in [1.29, 1.82) is 0 Å². The molecule has 1 saturated heterocycles. The average Bonchev–Trinajstić information content (AvgIpc) is 2.75. The summed E-state index contributed by atoms with van der Waals surface area (Å²) in [6.07, 6.45) is 1.99. The maximum Gasteiger partial charge on any atom is 0.335 e. The molecule has 0 aliphatic carbocycles. The van der Waals surface area contributed by atoms with E-state index in [1.807, 2.05) is 30.3 Å². The molecule has 4 rings (SSSR count). The van der Waals surface area contributed by atoms with E-state index >= 15 is 0 Å². The van der Waals surface area contributed by atoms with E-state index in [4.69, 9.17) is 23.2 Å². The van der Waals surface area contributed by atoms with Crippen molar-refractivity contribution in [2.24, 2.45) is 0 Å². The lowest BCUT2D eigenvalue weighted by Gasteiger charge is -2.27. The van der Waals surface area contributed by atoms with Crippen LogP contribution in [-0.2, 0) is 16.0 Å². The Hall–Kier alpha value is -2.93. The van der Waals surface area contributed by atoms with Crippen LogP contribution in [0.15, 0.2) is 76.8 Å². The number of nitrogens with zero attached hydrogens (tertiary/aromatic N) is 1. The summed E-state index contributed by atoms with van der Waals surface area (Å²) < 4.78 is 0.940. The third-order valence-electron chi connectivity index (χ3n) is 4.94. The number of rotatable bonds is 4. The Balaban J connectivity index is 1.77. The Morgan fingerprint density at radius 3 is 2.38 bits per heavy atom. The van der Waals surface area contributed by atoms with Crippen molar-refractivity contribution in [1.82, 2.24) is 5.32 Å². The number of hydrogen-bond acceptors (Lipinski definition) is 3. The second-order valence-electron chi connectivity index (χ2n) is 7.02. The van der Waals surface area contributed by atoms with E-state index in [1.54, 1.807) is 30.3 Å². The van der Waals surface area contributed by atoms with Crippen LogP contribution < -0.4 is 10.2 Å². The first-order valence-corrected chi connectivity index (χ1v) is 11.1. The van der Waals surface area contributed by atoms with Crippen molar-refractivity contribution in [2.75, 3.05) is 4.90 Å². The first-order chi connectivity index (χ1) is 15.3. The van der Waals surface area contributed by atoms with Gasteiger partial charge >= 0.3 is 6.03 Å². The Bertz CT molecular complexity index is 1290. The second-order valence-corrected chi connectivity index (χ2v) is 8.72. The fourth-order valence-electron chi connectivity index (χ4n) is 3.37. The van der Waals surface area contributed by atoms with Gasteiger partial charge in [0.25, 0.3) is 11.8 Å². The molecular weight excluding hydrogens is 515 g/mol. The molecule has 0 spiro atoms. The zero-order valence-electron chi connectivity index (χ0n) is 16.4. The highest BCUT2D eigenvalue weighted by atomic mass is 79.9. The molecular formula is C24H15BrCl2N2O3. The van der Waals surface area contributed by atoms with Crippen molar-refractivity contribution in [3.63, 3.8) is 0 Å². The van der Waals surface area contributed by atoms with Gasteiger partial charge in [0.2, 0.25) is 0 Å². The summed E-state index contributed by atoms with van der Waals surface area (Å²) >= 11 is 15.9.